The van der Waals surface area contributed by atoms with Crippen molar-refractivity contribution in [2.24, 2.45) is 0 Å². The average molecular weight is 262 g/mol. The second kappa shape index (κ2) is 5.84. The van der Waals surface area contributed by atoms with Gasteiger partial charge in [0.25, 0.3) is 0 Å². The van der Waals surface area contributed by atoms with E-state index in [1.54, 1.807) is 0 Å². The molecule has 0 saturated carbocycles. The Balaban J connectivity index is 2.08. The SMILES string of the molecule is CN1CCN(CC(=O)O)C(=O)C1Cc1ccccc1. The van der Waals surface area contributed by atoms with Crippen molar-refractivity contribution in [2.75, 3.05) is 26.7 Å². The first kappa shape index (κ1) is 13.5. The standard InChI is InChI=1S/C14H18N2O3/c1-15-7-8-16(10-13(17)18)14(19)12(15)9-11-5-3-2-4-6-11/h2-6,12H,7-10H2,1H3,(H,17,18). The molecular weight excluding hydrogens is 244 g/mol. The van der Waals surface area contributed by atoms with Gasteiger partial charge >= 0.3 is 5.97 Å². The molecule has 1 aliphatic rings. The van der Waals surface area contributed by atoms with Gasteiger partial charge in [-0.1, -0.05) is 30.3 Å². The first-order valence-corrected chi connectivity index (χ1v) is 6.32. The summed E-state index contributed by atoms with van der Waals surface area (Å²) in [5, 5.41) is 8.82. The minimum atomic E-state index is -0.962. The van der Waals surface area contributed by atoms with Gasteiger partial charge in [-0.2, -0.15) is 0 Å². The van der Waals surface area contributed by atoms with E-state index in [2.05, 4.69) is 0 Å². The lowest BCUT2D eigenvalue weighted by Gasteiger charge is -2.38. The maximum Gasteiger partial charge on any atom is 0.323 e. The highest BCUT2D eigenvalue weighted by atomic mass is 16.4. The van der Waals surface area contributed by atoms with Crippen LogP contribution in [0.5, 0.6) is 0 Å². The van der Waals surface area contributed by atoms with Crippen molar-refractivity contribution in [1.82, 2.24) is 9.80 Å². The van der Waals surface area contributed by atoms with Crippen LogP contribution >= 0.6 is 0 Å². The molecule has 1 unspecified atom stereocenters. The van der Waals surface area contributed by atoms with E-state index in [4.69, 9.17) is 5.11 Å². The molecule has 1 amide bonds. The predicted octanol–water partition coefficient (Wildman–Crippen LogP) is 0.456. The van der Waals surface area contributed by atoms with Crippen molar-refractivity contribution >= 4 is 11.9 Å². The lowest BCUT2D eigenvalue weighted by Crippen LogP contribution is -2.57. The Hall–Kier alpha value is -1.88. The van der Waals surface area contributed by atoms with Crippen molar-refractivity contribution in [3.8, 4) is 0 Å². The van der Waals surface area contributed by atoms with Crippen molar-refractivity contribution in [1.29, 1.82) is 0 Å². The van der Waals surface area contributed by atoms with Gasteiger partial charge in [-0.3, -0.25) is 14.5 Å². The molecule has 19 heavy (non-hydrogen) atoms. The van der Waals surface area contributed by atoms with Crippen LogP contribution in [-0.2, 0) is 16.0 Å². The number of piperazine rings is 1. The van der Waals surface area contributed by atoms with E-state index in [1.165, 1.54) is 4.90 Å². The van der Waals surface area contributed by atoms with Crippen LogP contribution in [0.15, 0.2) is 30.3 Å². The Morgan fingerprint density at radius 3 is 2.63 bits per heavy atom. The molecule has 1 aliphatic heterocycles. The number of carboxylic acid groups (broad SMARTS) is 1. The summed E-state index contributed by atoms with van der Waals surface area (Å²) in [6.45, 7) is 0.974. The molecule has 2 rings (SSSR count). The highest BCUT2D eigenvalue weighted by Gasteiger charge is 2.33. The smallest absolute Gasteiger partial charge is 0.323 e. The number of carbonyl (C=O) groups is 2. The first-order chi connectivity index (χ1) is 9.08. The van der Waals surface area contributed by atoms with Gasteiger partial charge in [0.1, 0.15) is 6.54 Å². The Kier molecular flexibility index (Phi) is 4.16. The van der Waals surface area contributed by atoms with Crippen LogP contribution < -0.4 is 0 Å². The van der Waals surface area contributed by atoms with E-state index in [-0.39, 0.29) is 18.5 Å². The molecule has 5 nitrogen and oxygen atoms in total. The maximum absolute atomic E-state index is 12.3. The van der Waals surface area contributed by atoms with Crippen LogP contribution in [-0.4, -0.2) is 59.5 Å². The molecule has 0 bridgehead atoms. The molecule has 1 heterocycles. The summed E-state index contributed by atoms with van der Waals surface area (Å²) in [5.74, 6) is -1.06. The molecular formula is C14H18N2O3. The molecule has 102 valence electrons. The van der Waals surface area contributed by atoms with Crippen LogP contribution in [0, 0.1) is 0 Å². The number of nitrogens with zero attached hydrogens (tertiary/aromatic N) is 2. The molecule has 1 N–H and O–H groups in total. The minimum absolute atomic E-state index is 0.0972. The highest BCUT2D eigenvalue weighted by molar-refractivity contribution is 5.86. The summed E-state index contributed by atoms with van der Waals surface area (Å²) < 4.78 is 0. The van der Waals surface area contributed by atoms with Crippen LogP contribution in [0.1, 0.15) is 5.56 Å². The largest absolute Gasteiger partial charge is 0.480 e. The number of carboxylic acids is 1. The third-order valence-corrected chi connectivity index (χ3v) is 3.45. The van der Waals surface area contributed by atoms with Crippen LogP contribution in [0.4, 0.5) is 0 Å². The van der Waals surface area contributed by atoms with E-state index in [0.717, 1.165) is 5.56 Å². The summed E-state index contributed by atoms with van der Waals surface area (Å²) in [6.07, 6.45) is 0.617. The highest BCUT2D eigenvalue weighted by Crippen LogP contribution is 2.14. The van der Waals surface area contributed by atoms with E-state index in [9.17, 15) is 9.59 Å². The summed E-state index contributed by atoms with van der Waals surface area (Å²) in [5.41, 5.74) is 1.09. The van der Waals surface area contributed by atoms with Crippen molar-refractivity contribution in [3.63, 3.8) is 0 Å². The Morgan fingerprint density at radius 2 is 2.00 bits per heavy atom. The van der Waals surface area contributed by atoms with E-state index >= 15 is 0 Å². The van der Waals surface area contributed by atoms with Gasteiger partial charge in [0.15, 0.2) is 0 Å². The third kappa shape index (κ3) is 3.32. The Labute approximate surface area is 112 Å². The van der Waals surface area contributed by atoms with Crippen molar-refractivity contribution in [3.05, 3.63) is 35.9 Å². The first-order valence-electron chi connectivity index (χ1n) is 6.32. The Morgan fingerprint density at radius 1 is 1.32 bits per heavy atom. The normalized spacial score (nSPS) is 20.6. The molecule has 0 spiro atoms. The van der Waals surface area contributed by atoms with E-state index in [1.807, 2.05) is 42.3 Å². The van der Waals surface area contributed by atoms with Crippen molar-refractivity contribution in [2.45, 2.75) is 12.5 Å². The number of likely N-dealkylation sites (N-methyl/N-ethyl adjacent to an activating group) is 1. The van der Waals surface area contributed by atoms with Gasteiger partial charge in [-0.15, -0.1) is 0 Å². The van der Waals surface area contributed by atoms with E-state index < -0.39 is 5.97 Å². The maximum atomic E-state index is 12.3. The molecule has 1 atom stereocenters. The van der Waals surface area contributed by atoms with Crippen molar-refractivity contribution < 1.29 is 14.7 Å². The number of hydrogen-bond donors (Lipinski definition) is 1. The summed E-state index contributed by atoms with van der Waals surface area (Å²) in [4.78, 5) is 26.5. The molecule has 0 aromatic heterocycles. The van der Waals surface area contributed by atoms with Gasteiger partial charge in [-0.25, -0.2) is 0 Å². The Bertz CT molecular complexity index is 461. The lowest BCUT2D eigenvalue weighted by atomic mass is 10.0. The lowest BCUT2D eigenvalue weighted by molar-refractivity contribution is -0.149. The zero-order valence-corrected chi connectivity index (χ0v) is 11.0. The van der Waals surface area contributed by atoms with Gasteiger partial charge < -0.3 is 10.0 Å². The predicted molar refractivity (Wildman–Crippen MR) is 70.8 cm³/mol. The molecule has 1 aromatic carbocycles. The fourth-order valence-corrected chi connectivity index (χ4v) is 2.34. The summed E-state index contributed by atoms with van der Waals surface area (Å²) >= 11 is 0. The number of aliphatic carboxylic acids is 1. The zero-order chi connectivity index (χ0) is 13.8. The second-order valence-electron chi connectivity index (χ2n) is 4.84. The molecule has 1 fully saturated rings. The number of benzene rings is 1. The van der Waals surface area contributed by atoms with Crippen LogP contribution in [0.3, 0.4) is 0 Å². The van der Waals surface area contributed by atoms with Crippen LogP contribution in [0.25, 0.3) is 0 Å². The topological polar surface area (TPSA) is 60.9 Å². The zero-order valence-electron chi connectivity index (χ0n) is 11.0. The number of hydrogen-bond acceptors (Lipinski definition) is 3. The third-order valence-electron chi connectivity index (χ3n) is 3.45. The number of rotatable bonds is 4. The molecule has 0 radical (unpaired) electrons. The van der Waals surface area contributed by atoms with Gasteiger partial charge in [0.2, 0.25) is 5.91 Å². The van der Waals surface area contributed by atoms with Gasteiger partial charge in [0.05, 0.1) is 6.04 Å². The number of carbonyl (C=O) groups excluding carboxylic acids is 1. The fraction of sp³-hybridized carbons (Fsp3) is 0.429. The van der Waals surface area contributed by atoms with E-state index in [0.29, 0.717) is 19.5 Å². The molecule has 1 saturated heterocycles. The second-order valence-corrected chi connectivity index (χ2v) is 4.84. The van der Waals surface area contributed by atoms with Gasteiger partial charge in [-0.05, 0) is 19.0 Å². The molecule has 1 aromatic rings. The average Bonchev–Trinajstić information content (AvgIpc) is 2.39. The number of amides is 1. The molecule has 5 heteroatoms. The minimum Gasteiger partial charge on any atom is -0.480 e. The fourth-order valence-electron chi connectivity index (χ4n) is 2.34. The summed E-state index contributed by atoms with van der Waals surface area (Å²) in [6, 6.07) is 9.52. The quantitative estimate of drug-likeness (QED) is 0.856. The summed E-state index contributed by atoms with van der Waals surface area (Å²) in [7, 11) is 1.91. The van der Waals surface area contributed by atoms with Crippen LogP contribution in [0.2, 0.25) is 0 Å². The van der Waals surface area contributed by atoms with Gasteiger partial charge in [0, 0.05) is 13.1 Å². The molecule has 0 aliphatic carbocycles. The monoisotopic (exact) mass is 262 g/mol.